The van der Waals surface area contributed by atoms with Gasteiger partial charge < -0.3 is 14.9 Å². The number of aromatic nitrogens is 1. The molecular weight excluding hydrogens is 312 g/mol. The van der Waals surface area contributed by atoms with Crippen molar-refractivity contribution in [1.82, 2.24) is 4.98 Å². The maximum absolute atomic E-state index is 10.9. The van der Waals surface area contributed by atoms with Crippen molar-refractivity contribution >= 4 is 21.7 Å². The van der Waals surface area contributed by atoms with Gasteiger partial charge in [-0.05, 0) is 38.3 Å². The zero-order valence-electron chi connectivity index (χ0n) is 10.1. The first-order valence-electron chi connectivity index (χ1n) is 5.59. The third-order valence-corrected chi connectivity index (χ3v) is 2.98. The molecule has 0 aliphatic rings. The van der Waals surface area contributed by atoms with Crippen LogP contribution in [0, 0.1) is 10.1 Å². The molecule has 2 rings (SSSR count). The van der Waals surface area contributed by atoms with Gasteiger partial charge >= 0.3 is 5.82 Å². The van der Waals surface area contributed by atoms with Gasteiger partial charge in [0.2, 0.25) is 5.75 Å². The largest absolute Gasteiger partial charge is 0.478 e. The molecule has 0 saturated heterocycles. The Labute approximate surface area is 118 Å². The molecule has 6 heteroatoms. The molecule has 1 aromatic carbocycles. The molecule has 1 heterocycles. The number of rotatable bonds is 4. The summed E-state index contributed by atoms with van der Waals surface area (Å²) in [5, 5.41) is 10.9. The second kappa shape index (κ2) is 5.79. The lowest BCUT2D eigenvalue weighted by atomic mass is 10.1. The molecule has 1 atom stereocenters. The van der Waals surface area contributed by atoms with Crippen LogP contribution >= 0.6 is 15.9 Å². The standard InChI is InChI=1S/C13H11BrN2O3/c1-9(10-5-3-2-4-6-10)19-12-7-11(14)8-15-13(12)16(17)18/h2-9H,1H3. The quantitative estimate of drug-likeness (QED) is 0.632. The number of hydrogen-bond donors (Lipinski definition) is 0. The van der Waals surface area contributed by atoms with Crippen LogP contribution in [-0.4, -0.2) is 9.91 Å². The smallest absolute Gasteiger partial charge is 0.406 e. The van der Waals surface area contributed by atoms with Crippen molar-refractivity contribution in [3.05, 3.63) is 62.7 Å². The van der Waals surface area contributed by atoms with Crippen molar-refractivity contribution in [1.29, 1.82) is 0 Å². The normalized spacial score (nSPS) is 11.9. The molecular formula is C13H11BrN2O3. The van der Waals surface area contributed by atoms with Crippen molar-refractivity contribution in [2.75, 3.05) is 0 Å². The molecule has 1 unspecified atom stereocenters. The summed E-state index contributed by atoms with van der Waals surface area (Å²) >= 11 is 3.23. The predicted octanol–water partition coefficient (Wildman–Crippen LogP) is 3.89. The molecule has 19 heavy (non-hydrogen) atoms. The van der Waals surface area contributed by atoms with Crippen LogP contribution in [0.3, 0.4) is 0 Å². The number of benzene rings is 1. The minimum atomic E-state index is -0.556. The lowest BCUT2D eigenvalue weighted by Gasteiger charge is -2.14. The topological polar surface area (TPSA) is 65.3 Å². The fraction of sp³-hybridized carbons (Fsp3) is 0.154. The molecule has 0 amide bonds. The van der Waals surface area contributed by atoms with E-state index in [9.17, 15) is 10.1 Å². The number of hydrogen-bond acceptors (Lipinski definition) is 4. The van der Waals surface area contributed by atoms with Gasteiger partial charge in [0, 0.05) is 6.07 Å². The minimum absolute atomic E-state index is 0.149. The van der Waals surface area contributed by atoms with Gasteiger partial charge in [0.25, 0.3) is 0 Å². The van der Waals surface area contributed by atoms with Crippen LogP contribution in [0.5, 0.6) is 5.75 Å². The Balaban J connectivity index is 2.28. The maximum Gasteiger partial charge on any atom is 0.406 e. The van der Waals surface area contributed by atoms with Crippen LogP contribution in [0.4, 0.5) is 5.82 Å². The highest BCUT2D eigenvalue weighted by Crippen LogP contribution is 2.31. The van der Waals surface area contributed by atoms with Crippen molar-refractivity contribution in [2.45, 2.75) is 13.0 Å². The maximum atomic E-state index is 10.9. The van der Waals surface area contributed by atoms with Crippen LogP contribution in [0.15, 0.2) is 47.1 Å². The van der Waals surface area contributed by atoms with E-state index in [2.05, 4.69) is 20.9 Å². The molecule has 0 spiro atoms. The van der Waals surface area contributed by atoms with E-state index in [1.165, 1.54) is 6.20 Å². The van der Waals surface area contributed by atoms with Gasteiger partial charge in [-0.3, -0.25) is 0 Å². The van der Waals surface area contributed by atoms with E-state index in [4.69, 9.17) is 4.74 Å². The summed E-state index contributed by atoms with van der Waals surface area (Å²) in [7, 11) is 0. The molecule has 5 nitrogen and oxygen atoms in total. The van der Waals surface area contributed by atoms with Crippen molar-refractivity contribution in [3.8, 4) is 5.75 Å². The van der Waals surface area contributed by atoms with E-state index < -0.39 is 4.92 Å². The van der Waals surface area contributed by atoms with Gasteiger partial charge in [-0.2, -0.15) is 0 Å². The summed E-state index contributed by atoms with van der Waals surface area (Å²) in [5.74, 6) is -0.137. The van der Waals surface area contributed by atoms with Gasteiger partial charge in [0.05, 0.1) is 4.47 Å². The van der Waals surface area contributed by atoms with E-state index in [-0.39, 0.29) is 17.7 Å². The average molecular weight is 323 g/mol. The number of pyridine rings is 1. The van der Waals surface area contributed by atoms with Gasteiger partial charge in [-0.1, -0.05) is 30.3 Å². The predicted molar refractivity (Wildman–Crippen MR) is 74.1 cm³/mol. The Morgan fingerprint density at radius 2 is 2.05 bits per heavy atom. The molecule has 0 radical (unpaired) electrons. The molecule has 0 fully saturated rings. The zero-order valence-corrected chi connectivity index (χ0v) is 11.7. The molecule has 0 bridgehead atoms. The first-order chi connectivity index (χ1) is 9.08. The van der Waals surface area contributed by atoms with E-state index in [1.54, 1.807) is 6.07 Å². The van der Waals surface area contributed by atoms with Crippen molar-refractivity contribution in [2.24, 2.45) is 0 Å². The zero-order chi connectivity index (χ0) is 13.8. The first-order valence-corrected chi connectivity index (χ1v) is 6.39. The molecule has 1 aromatic heterocycles. The summed E-state index contributed by atoms with van der Waals surface area (Å²) in [6.07, 6.45) is 1.08. The fourth-order valence-electron chi connectivity index (χ4n) is 1.62. The monoisotopic (exact) mass is 322 g/mol. The molecule has 0 N–H and O–H groups in total. The average Bonchev–Trinajstić information content (AvgIpc) is 2.39. The summed E-state index contributed by atoms with van der Waals surface area (Å²) in [5.41, 5.74) is 0.941. The van der Waals surface area contributed by atoms with Crippen LogP contribution in [0.1, 0.15) is 18.6 Å². The Morgan fingerprint density at radius 1 is 1.37 bits per heavy atom. The minimum Gasteiger partial charge on any atom is -0.478 e. The Morgan fingerprint density at radius 3 is 2.68 bits per heavy atom. The second-order valence-electron chi connectivity index (χ2n) is 3.90. The Kier molecular flexibility index (Phi) is 4.11. The third kappa shape index (κ3) is 3.29. The van der Waals surface area contributed by atoms with E-state index >= 15 is 0 Å². The van der Waals surface area contributed by atoms with Gasteiger partial charge in [0.1, 0.15) is 6.10 Å². The van der Waals surface area contributed by atoms with Crippen molar-refractivity contribution in [3.63, 3.8) is 0 Å². The number of ether oxygens (including phenoxy) is 1. The molecule has 98 valence electrons. The lowest BCUT2D eigenvalue weighted by molar-refractivity contribution is -0.390. The Hall–Kier alpha value is -1.95. The molecule has 0 aliphatic heterocycles. The highest BCUT2D eigenvalue weighted by atomic mass is 79.9. The van der Waals surface area contributed by atoms with Gasteiger partial charge in [0.15, 0.2) is 6.20 Å². The Bertz CT molecular complexity index is 590. The molecule has 2 aromatic rings. The molecule has 0 aliphatic carbocycles. The van der Waals surface area contributed by atoms with Crippen LogP contribution in [0.25, 0.3) is 0 Å². The summed E-state index contributed by atoms with van der Waals surface area (Å²) in [6, 6.07) is 11.0. The SMILES string of the molecule is CC(Oc1cc(Br)cnc1[N+](=O)[O-])c1ccccc1. The van der Waals surface area contributed by atoms with Crippen LogP contribution in [0.2, 0.25) is 0 Å². The fourth-order valence-corrected chi connectivity index (χ4v) is 1.93. The van der Waals surface area contributed by atoms with E-state index in [0.29, 0.717) is 4.47 Å². The molecule has 0 saturated carbocycles. The second-order valence-corrected chi connectivity index (χ2v) is 4.82. The summed E-state index contributed by atoms with van der Waals surface area (Å²) in [4.78, 5) is 14.1. The van der Waals surface area contributed by atoms with Crippen LogP contribution < -0.4 is 4.74 Å². The van der Waals surface area contributed by atoms with E-state index in [1.807, 2.05) is 37.3 Å². The van der Waals surface area contributed by atoms with Gasteiger partial charge in [-0.25, -0.2) is 0 Å². The van der Waals surface area contributed by atoms with Crippen molar-refractivity contribution < 1.29 is 9.66 Å². The van der Waals surface area contributed by atoms with E-state index in [0.717, 1.165) is 5.56 Å². The highest BCUT2D eigenvalue weighted by Gasteiger charge is 2.20. The summed E-state index contributed by atoms with van der Waals surface area (Å²) < 4.78 is 6.27. The third-order valence-electron chi connectivity index (χ3n) is 2.55. The van der Waals surface area contributed by atoms with Gasteiger partial charge in [-0.15, -0.1) is 0 Å². The van der Waals surface area contributed by atoms with Crippen LogP contribution in [-0.2, 0) is 0 Å². The number of nitro groups is 1. The first kappa shape index (κ1) is 13.5. The summed E-state index contributed by atoms with van der Waals surface area (Å²) in [6.45, 7) is 1.83. The number of nitrogens with zero attached hydrogens (tertiary/aromatic N) is 2. The highest BCUT2D eigenvalue weighted by molar-refractivity contribution is 9.10. The lowest BCUT2D eigenvalue weighted by Crippen LogP contribution is -2.05. The number of halogens is 1.